The molecule has 1 aromatic carbocycles. The molecule has 1 heterocycles. The molecule has 6 heteroatoms. The Kier molecular flexibility index (Phi) is 2.47. The summed E-state index contributed by atoms with van der Waals surface area (Å²) in [5.41, 5.74) is 5.89. The molecule has 0 unspecified atom stereocenters. The van der Waals surface area contributed by atoms with Crippen molar-refractivity contribution in [3.05, 3.63) is 30.0 Å². The van der Waals surface area contributed by atoms with Crippen LogP contribution in [0.15, 0.2) is 18.3 Å². The Morgan fingerprint density at radius 2 is 2.00 bits per heavy atom. The van der Waals surface area contributed by atoms with Gasteiger partial charge in [-0.25, -0.2) is 4.39 Å². The summed E-state index contributed by atoms with van der Waals surface area (Å²) < 4.78 is 31.7. The molecule has 2 aromatic rings. The molecule has 0 aliphatic heterocycles. The monoisotopic (exact) mass is 225 g/mol. The molecule has 0 amide bonds. The minimum atomic E-state index is -1.04. The molecule has 1 aromatic heterocycles. The Labute approximate surface area is 90.0 Å². The van der Waals surface area contributed by atoms with Gasteiger partial charge in [0, 0.05) is 11.1 Å². The summed E-state index contributed by atoms with van der Waals surface area (Å²) in [7, 11) is 1.27. The lowest BCUT2D eigenvalue weighted by Crippen LogP contribution is -1.96. The number of anilines is 1. The highest BCUT2D eigenvalue weighted by atomic mass is 19.2. The lowest BCUT2D eigenvalue weighted by atomic mass is 10.1. The number of aromatic amines is 1. The molecular formula is C10H9F2N3O. The molecule has 0 fully saturated rings. The van der Waals surface area contributed by atoms with Gasteiger partial charge in [-0.15, -0.1) is 0 Å². The summed E-state index contributed by atoms with van der Waals surface area (Å²) in [6.07, 6.45) is 1.33. The zero-order chi connectivity index (χ0) is 11.7. The topological polar surface area (TPSA) is 63.9 Å². The normalized spacial score (nSPS) is 10.4. The fourth-order valence-electron chi connectivity index (χ4n) is 1.41. The van der Waals surface area contributed by atoms with E-state index in [1.54, 1.807) is 0 Å². The van der Waals surface area contributed by atoms with Crippen LogP contribution in [-0.4, -0.2) is 17.3 Å². The number of halogens is 2. The van der Waals surface area contributed by atoms with Gasteiger partial charge >= 0.3 is 0 Å². The van der Waals surface area contributed by atoms with Gasteiger partial charge in [0.1, 0.15) is 5.82 Å². The van der Waals surface area contributed by atoms with E-state index < -0.39 is 11.6 Å². The third-order valence-electron chi connectivity index (χ3n) is 2.23. The number of benzene rings is 1. The second kappa shape index (κ2) is 3.80. The summed E-state index contributed by atoms with van der Waals surface area (Å²) in [6.45, 7) is 0. The van der Waals surface area contributed by atoms with Crippen molar-refractivity contribution in [2.75, 3.05) is 12.8 Å². The Morgan fingerprint density at radius 1 is 1.25 bits per heavy atom. The molecule has 0 spiro atoms. The van der Waals surface area contributed by atoms with Crippen LogP contribution in [0.3, 0.4) is 0 Å². The molecule has 0 radical (unpaired) electrons. The van der Waals surface area contributed by atoms with Gasteiger partial charge in [-0.2, -0.15) is 9.49 Å². The van der Waals surface area contributed by atoms with Gasteiger partial charge in [-0.1, -0.05) is 0 Å². The van der Waals surface area contributed by atoms with E-state index in [0.29, 0.717) is 5.56 Å². The highest BCUT2D eigenvalue weighted by molar-refractivity contribution is 5.74. The van der Waals surface area contributed by atoms with E-state index in [4.69, 9.17) is 5.73 Å². The smallest absolute Gasteiger partial charge is 0.201 e. The van der Waals surface area contributed by atoms with Crippen molar-refractivity contribution in [2.45, 2.75) is 0 Å². The van der Waals surface area contributed by atoms with E-state index in [2.05, 4.69) is 14.9 Å². The molecule has 0 bridgehead atoms. The van der Waals surface area contributed by atoms with Crippen LogP contribution in [0.4, 0.5) is 14.6 Å². The number of nitrogens with two attached hydrogens (primary N) is 1. The zero-order valence-corrected chi connectivity index (χ0v) is 8.42. The molecule has 84 valence electrons. The first-order valence-electron chi connectivity index (χ1n) is 4.46. The number of ether oxygens (including phenoxy) is 1. The number of nitrogens with zero attached hydrogens (tertiary/aromatic N) is 1. The van der Waals surface area contributed by atoms with E-state index in [1.807, 2.05) is 0 Å². The van der Waals surface area contributed by atoms with Gasteiger partial charge in [0.05, 0.1) is 13.3 Å². The molecule has 0 atom stereocenters. The number of H-pyrrole nitrogens is 1. The number of rotatable bonds is 2. The fourth-order valence-corrected chi connectivity index (χ4v) is 1.41. The van der Waals surface area contributed by atoms with Crippen LogP contribution in [0.2, 0.25) is 0 Å². The third kappa shape index (κ3) is 1.48. The van der Waals surface area contributed by atoms with E-state index >= 15 is 0 Å². The Balaban J connectivity index is 2.60. The molecule has 0 aliphatic carbocycles. The number of hydrogen-bond donors (Lipinski definition) is 2. The van der Waals surface area contributed by atoms with Crippen LogP contribution >= 0.6 is 0 Å². The van der Waals surface area contributed by atoms with Gasteiger partial charge in [0.25, 0.3) is 0 Å². The average molecular weight is 225 g/mol. The highest BCUT2D eigenvalue weighted by Crippen LogP contribution is 2.31. The van der Waals surface area contributed by atoms with Crippen molar-refractivity contribution in [3.8, 4) is 16.9 Å². The summed E-state index contributed by atoms with van der Waals surface area (Å²) in [5.74, 6) is -2.01. The summed E-state index contributed by atoms with van der Waals surface area (Å²) in [5, 5.41) is 6.09. The Hall–Kier alpha value is -2.11. The number of hydrogen-bond acceptors (Lipinski definition) is 3. The number of methoxy groups -OCH3 is 1. The van der Waals surface area contributed by atoms with Crippen LogP contribution in [0.5, 0.6) is 5.75 Å². The highest BCUT2D eigenvalue weighted by Gasteiger charge is 2.17. The maximum Gasteiger partial charge on any atom is 0.201 e. The number of aromatic nitrogens is 2. The van der Waals surface area contributed by atoms with Crippen LogP contribution < -0.4 is 10.5 Å². The Morgan fingerprint density at radius 3 is 2.56 bits per heavy atom. The van der Waals surface area contributed by atoms with E-state index in [0.717, 1.165) is 0 Å². The third-order valence-corrected chi connectivity index (χ3v) is 2.23. The lowest BCUT2D eigenvalue weighted by Gasteiger charge is -2.06. The number of nitrogens with one attached hydrogen (secondary N) is 1. The van der Waals surface area contributed by atoms with Gasteiger partial charge in [0.15, 0.2) is 11.6 Å². The molecule has 0 saturated heterocycles. The second-order valence-electron chi connectivity index (χ2n) is 3.14. The van der Waals surface area contributed by atoms with E-state index in [-0.39, 0.29) is 17.1 Å². The van der Waals surface area contributed by atoms with Crippen LogP contribution in [0, 0.1) is 11.6 Å². The van der Waals surface area contributed by atoms with Crippen molar-refractivity contribution in [2.24, 2.45) is 0 Å². The van der Waals surface area contributed by atoms with Crippen LogP contribution in [0.25, 0.3) is 11.1 Å². The first kappa shape index (κ1) is 10.4. The van der Waals surface area contributed by atoms with Crippen molar-refractivity contribution >= 4 is 5.82 Å². The maximum atomic E-state index is 13.6. The van der Waals surface area contributed by atoms with E-state index in [9.17, 15) is 8.78 Å². The van der Waals surface area contributed by atoms with Crippen molar-refractivity contribution in [3.63, 3.8) is 0 Å². The summed E-state index contributed by atoms with van der Waals surface area (Å²) >= 11 is 0. The lowest BCUT2D eigenvalue weighted by molar-refractivity contribution is 0.372. The first-order chi connectivity index (χ1) is 7.65. The first-order valence-corrected chi connectivity index (χ1v) is 4.46. The van der Waals surface area contributed by atoms with Gasteiger partial charge in [-0.3, -0.25) is 5.10 Å². The summed E-state index contributed by atoms with van der Waals surface area (Å²) in [6, 6.07) is 2.72. The van der Waals surface area contributed by atoms with Crippen molar-refractivity contribution in [1.82, 2.24) is 10.2 Å². The van der Waals surface area contributed by atoms with Gasteiger partial charge < -0.3 is 10.5 Å². The van der Waals surface area contributed by atoms with Crippen molar-refractivity contribution < 1.29 is 13.5 Å². The largest absolute Gasteiger partial charge is 0.494 e. The Bertz CT molecular complexity index is 525. The standard InChI is InChI=1S/C10H9F2N3O/c1-16-7-3-2-5(8(11)9(7)12)6-4-14-15-10(6)13/h2-4H,1H3,(H3,13,14,15). The predicted octanol–water partition coefficient (Wildman–Crippen LogP) is 1.95. The SMILES string of the molecule is COc1ccc(-c2cn[nH]c2N)c(F)c1F. The molecule has 16 heavy (non-hydrogen) atoms. The van der Waals surface area contributed by atoms with Crippen LogP contribution in [0.1, 0.15) is 0 Å². The second-order valence-corrected chi connectivity index (χ2v) is 3.14. The van der Waals surface area contributed by atoms with Gasteiger partial charge in [-0.05, 0) is 12.1 Å². The zero-order valence-electron chi connectivity index (χ0n) is 8.42. The molecule has 3 N–H and O–H groups in total. The number of nitrogen functional groups attached to an aromatic ring is 1. The van der Waals surface area contributed by atoms with Crippen LogP contribution in [-0.2, 0) is 0 Å². The minimum absolute atomic E-state index is 0.0459. The fraction of sp³-hybridized carbons (Fsp3) is 0.100. The predicted molar refractivity (Wildman–Crippen MR) is 54.9 cm³/mol. The molecular weight excluding hydrogens is 216 g/mol. The molecule has 0 saturated carbocycles. The minimum Gasteiger partial charge on any atom is -0.494 e. The molecule has 2 rings (SSSR count). The van der Waals surface area contributed by atoms with E-state index in [1.165, 1.54) is 25.4 Å². The molecule has 0 aliphatic rings. The van der Waals surface area contributed by atoms with Gasteiger partial charge in [0.2, 0.25) is 5.82 Å². The average Bonchev–Trinajstić information content (AvgIpc) is 2.69. The quantitative estimate of drug-likeness (QED) is 0.820. The van der Waals surface area contributed by atoms with Crippen molar-refractivity contribution in [1.29, 1.82) is 0 Å². The maximum absolute atomic E-state index is 13.6. The molecule has 4 nitrogen and oxygen atoms in total. The summed E-state index contributed by atoms with van der Waals surface area (Å²) in [4.78, 5) is 0.